The largest absolute Gasteiger partial charge is 0.300 e. The van der Waals surface area contributed by atoms with E-state index in [-0.39, 0.29) is 0 Å². The van der Waals surface area contributed by atoms with Gasteiger partial charge in [0.25, 0.3) is 0 Å². The SMILES string of the molecule is CC(C)[C@H](C1CC1)N(C)C(C)C. The van der Waals surface area contributed by atoms with Crippen LogP contribution < -0.4 is 0 Å². The molecule has 0 aliphatic heterocycles. The maximum Gasteiger partial charge on any atom is 0.0146 e. The van der Waals surface area contributed by atoms with E-state index in [1.54, 1.807) is 0 Å². The fourth-order valence-corrected chi connectivity index (χ4v) is 2.13. The van der Waals surface area contributed by atoms with Crippen molar-refractivity contribution in [3.8, 4) is 0 Å². The minimum absolute atomic E-state index is 0.693. The molecular formula is C11H23N. The zero-order valence-electron chi connectivity index (χ0n) is 9.17. The van der Waals surface area contributed by atoms with Crippen LogP contribution in [0.25, 0.3) is 0 Å². The third-order valence-corrected chi connectivity index (χ3v) is 3.07. The van der Waals surface area contributed by atoms with Gasteiger partial charge in [-0.3, -0.25) is 0 Å². The molecule has 1 atom stereocenters. The normalized spacial score (nSPS) is 21.0. The number of rotatable bonds is 4. The van der Waals surface area contributed by atoms with E-state index in [0.717, 1.165) is 17.9 Å². The van der Waals surface area contributed by atoms with Crippen LogP contribution in [0.3, 0.4) is 0 Å². The first kappa shape index (κ1) is 10.0. The molecule has 0 bridgehead atoms. The molecule has 1 saturated carbocycles. The van der Waals surface area contributed by atoms with E-state index in [9.17, 15) is 0 Å². The highest BCUT2D eigenvalue weighted by atomic mass is 15.2. The van der Waals surface area contributed by atoms with Gasteiger partial charge >= 0.3 is 0 Å². The minimum Gasteiger partial charge on any atom is -0.300 e. The molecular weight excluding hydrogens is 146 g/mol. The van der Waals surface area contributed by atoms with Gasteiger partial charge in [0, 0.05) is 12.1 Å². The highest BCUT2D eigenvalue weighted by Crippen LogP contribution is 2.38. The van der Waals surface area contributed by atoms with Gasteiger partial charge in [-0.1, -0.05) is 13.8 Å². The monoisotopic (exact) mass is 169 g/mol. The molecule has 0 heterocycles. The molecule has 0 spiro atoms. The van der Waals surface area contributed by atoms with E-state index in [1.807, 2.05) is 0 Å². The summed E-state index contributed by atoms with van der Waals surface area (Å²) in [6, 6.07) is 1.52. The van der Waals surface area contributed by atoms with Gasteiger partial charge < -0.3 is 4.90 Å². The molecule has 0 unspecified atom stereocenters. The average Bonchev–Trinajstić information content (AvgIpc) is 2.70. The van der Waals surface area contributed by atoms with E-state index in [2.05, 4.69) is 39.6 Å². The lowest BCUT2D eigenvalue weighted by Gasteiger charge is -2.34. The lowest BCUT2D eigenvalue weighted by Crippen LogP contribution is -2.41. The van der Waals surface area contributed by atoms with Crippen molar-refractivity contribution < 1.29 is 0 Å². The second-order valence-electron chi connectivity index (χ2n) is 4.83. The summed E-state index contributed by atoms with van der Waals surface area (Å²) in [7, 11) is 2.27. The highest BCUT2D eigenvalue weighted by Gasteiger charge is 2.36. The smallest absolute Gasteiger partial charge is 0.0146 e. The predicted octanol–water partition coefficient (Wildman–Crippen LogP) is 2.76. The third-order valence-electron chi connectivity index (χ3n) is 3.07. The molecule has 1 rings (SSSR count). The van der Waals surface area contributed by atoms with Crippen LogP contribution in [0.2, 0.25) is 0 Å². The summed E-state index contributed by atoms with van der Waals surface area (Å²) < 4.78 is 0. The van der Waals surface area contributed by atoms with Gasteiger partial charge in [0.05, 0.1) is 0 Å². The Bertz CT molecular complexity index is 134. The van der Waals surface area contributed by atoms with Crippen LogP contribution in [-0.2, 0) is 0 Å². The maximum absolute atomic E-state index is 2.54. The van der Waals surface area contributed by atoms with Crippen molar-refractivity contribution in [2.24, 2.45) is 11.8 Å². The standard InChI is InChI=1S/C11H23N/c1-8(2)11(10-6-7-10)12(5)9(3)4/h8-11H,6-7H2,1-5H3/t11-/m1/s1. The summed E-state index contributed by atoms with van der Waals surface area (Å²) in [4.78, 5) is 2.54. The van der Waals surface area contributed by atoms with Gasteiger partial charge in [-0.2, -0.15) is 0 Å². The molecule has 0 aromatic rings. The molecule has 1 heteroatoms. The lowest BCUT2D eigenvalue weighted by molar-refractivity contribution is 0.134. The van der Waals surface area contributed by atoms with Crippen LogP contribution in [0.1, 0.15) is 40.5 Å². The summed E-state index contributed by atoms with van der Waals surface area (Å²) in [6.45, 7) is 9.28. The van der Waals surface area contributed by atoms with Crippen molar-refractivity contribution in [2.75, 3.05) is 7.05 Å². The first-order chi connectivity index (χ1) is 5.54. The predicted molar refractivity (Wildman–Crippen MR) is 54.2 cm³/mol. The van der Waals surface area contributed by atoms with Gasteiger partial charge in [0.1, 0.15) is 0 Å². The second kappa shape index (κ2) is 3.78. The Labute approximate surface area is 77.1 Å². The number of hydrogen-bond donors (Lipinski definition) is 0. The fourth-order valence-electron chi connectivity index (χ4n) is 2.13. The molecule has 1 nitrogen and oxygen atoms in total. The Kier molecular flexibility index (Phi) is 3.16. The highest BCUT2D eigenvalue weighted by molar-refractivity contribution is 4.89. The van der Waals surface area contributed by atoms with E-state index >= 15 is 0 Å². The topological polar surface area (TPSA) is 3.24 Å². The molecule has 1 aliphatic carbocycles. The van der Waals surface area contributed by atoms with Crippen LogP contribution in [-0.4, -0.2) is 24.0 Å². The maximum atomic E-state index is 2.54. The molecule has 72 valence electrons. The van der Waals surface area contributed by atoms with Crippen molar-refractivity contribution in [1.82, 2.24) is 4.90 Å². The zero-order valence-corrected chi connectivity index (χ0v) is 9.17. The van der Waals surface area contributed by atoms with Gasteiger partial charge in [-0.15, -0.1) is 0 Å². The second-order valence-corrected chi connectivity index (χ2v) is 4.83. The molecule has 0 saturated heterocycles. The Morgan fingerprint density at radius 1 is 1.08 bits per heavy atom. The van der Waals surface area contributed by atoms with Crippen LogP contribution in [0.4, 0.5) is 0 Å². The van der Waals surface area contributed by atoms with Crippen LogP contribution in [0, 0.1) is 11.8 Å². The Hall–Kier alpha value is -0.0400. The average molecular weight is 169 g/mol. The van der Waals surface area contributed by atoms with Crippen LogP contribution in [0.5, 0.6) is 0 Å². The van der Waals surface area contributed by atoms with Crippen LogP contribution in [0.15, 0.2) is 0 Å². The Balaban J connectivity index is 2.52. The third kappa shape index (κ3) is 2.22. The fraction of sp³-hybridized carbons (Fsp3) is 1.00. The first-order valence-corrected chi connectivity index (χ1v) is 5.26. The summed E-state index contributed by atoms with van der Waals surface area (Å²) in [5, 5.41) is 0. The van der Waals surface area contributed by atoms with Crippen molar-refractivity contribution in [2.45, 2.75) is 52.6 Å². The van der Waals surface area contributed by atoms with Crippen LogP contribution >= 0.6 is 0 Å². The van der Waals surface area contributed by atoms with E-state index in [0.29, 0.717) is 6.04 Å². The quantitative estimate of drug-likeness (QED) is 0.625. The summed E-state index contributed by atoms with van der Waals surface area (Å²) >= 11 is 0. The number of hydrogen-bond acceptors (Lipinski definition) is 1. The summed E-state index contributed by atoms with van der Waals surface area (Å²) in [6.07, 6.45) is 2.92. The van der Waals surface area contributed by atoms with E-state index < -0.39 is 0 Å². The molecule has 1 aliphatic rings. The Morgan fingerprint density at radius 3 is 1.83 bits per heavy atom. The van der Waals surface area contributed by atoms with Gasteiger partial charge in [-0.05, 0) is 45.6 Å². The molecule has 0 aromatic heterocycles. The number of nitrogens with zero attached hydrogens (tertiary/aromatic N) is 1. The van der Waals surface area contributed by atoms with Gasteiger partial charge in [-0.25, -0.2) is 0 Å². The van der Waals surface area contributed by atoms with Crippen molar-refractivity contribution in [1.29, 1.82) is 0 Å². The van der Waals surface area contributed by atoms with Crippen molar-refractivity contribution in [3.05, 3.63) is 0 Å². The van der Waals surface area contributed by atoms with E-state index in [4.69, 9.17) is 0 Å². The molecule has 0 aromatic carbocycles. The molecule has 1 fully saturated rings. The first-order valence-electron chi connectivity index (χ1n) is 5.26. The molecule has 0 N–H and O–H groups in total. The van der Waals surface area contributed by atoms with Crippen molar-refractivity contribution >= 4 is 0 Å². The summed E-state index contributed by atoms with van der Waals surface area (Å²) in [5.74, 6) is 1.81. The minimum atomic E-state index is 0.693. The van der Waals surface area contributed by atoms with E-state index in [1.165, 1.54) is 12.8 Å². The lowest BCUT2D eigenvalue weighted by atomic mass is 9.97. The summed E-state index contributed by atoms with van der Waals surface area (Å²) in [5.41, 5.74) is 0. The zero-order chi connectivity index (χ0) is 9.30. The van der Waals surface area contributed by atoms with Crippen molar-refractivity contribution in [3.63, 3.8) is 0 Å². The van der Waals surface area contributed by atoms with Gasteiger partial charge in [0.15, 0.2) is 0 Å². The molecule has 0 amide bonds. The Morgan fingerprint density at radius 2 is 1.58 bits per heavy atom. The molecule has 0 radical (unpaired) electrons. The van der Waals surface area contributed by atoms with Gasteiger partial charge in [0.2, 0.25) is 0 Å². The molecule has 12 heavy (non-hydrogen) atoms.